The lowest BCUT2D eigenvalue weighted by Crippen LogP contribution is -2.33. The first-order chi connectivity index (χ1) is 7.74. The van der Waals surface area contributed by atoms with E-state index in [9.17, 15) is 9.59 Å². The molecule has 1 aromatic carbocycles. The average molecular weight is 218 g/mol. The van der Waals surface area contributed by atoms with Gasteiger partial charge in [-0.15, -0.1) is 0 Å². The third-order valence-electron chi connectivity index (χ3n) is 1.88. The molecule has 1 aromatic rings. The summed E-state index contributed by atoms with van der Waals surface area (Å²) < 4.78 is 0. The van der Waals surface area contributed by atoms with E-state index in [0.29, 0.717) is 13.1 Å². The van der Waals surface area contributed by atoms with E-state index in [2.05, 4.69) is 5.32 Å². The van der Waals surface area contributed by atoms with Gasteiger partial charge in [-0.2, -0.15) is 0 Å². The molecule has 1 amide bonds. The summed E-state index contributed by atoms with van der Waals surface area (Å²) in [6, 6.07) is 9.30. The number of nitrogens with two attached hydrogens (primary N) is 1. The summed E-state index contributed by atoms with van der Waals surface area (Å²) in [4.78, 5) is 22.4. The summed E-state index contributed by atoms with van der Waals surface area (Å²) in [7, 11) is 0. The van der Waals surface area contributed by atoms with Crippen LogP contribution in [0.4, 0.5) is 0 Å². The summed E-state index contributed by atoms with van der Waals surface area (Å²) in [6.45, 7) is 0.630. The summed E-state index contributed by atoms with van der Waals surface area (Å²) in [5.41, 5.74) is 6.08. The van der Waals surface area contributed by atoms with Gasteiger partial charge in [0.25, 0.3) is 5.91 Å². The Bertz CT molecular complexity index is 385. The molecule has 0 saturated heterocycles. The third kappa shape index (κ3) is 4.06. The lowest BCUT2D eigenvalue weighted by molar-refractivity contribution is -0.135. The topological polar surface area (TPSA) is 72.2 Å². The van der Waals surface area contributed by atoms with E-state index >= 15 is 0 Å². The summed E-state index contributed by atoms with van der Waals surface area (Å²) >= 11 is 0. The molecular weight excluding hydrogens is 204 g/mol. The fourth-order valence-electron chi connectivity index (χ4n) is 1.08. The van der Waals surface area contributed by atoms with Crippen LogP contribution in [-0.2, 0) is 9.59 Å². The maximum Gasteiger partial charge on any atom is 0.291 e. The minimum Gasteiger partial charge on any atom is -0.348 e. The SMILES string of the molecule is NCCNC(=O)C(=O)/C=C/c1ccccc1. The Balaban J connectivity index is 2.51. The summed E-state index contributed by atoms with van der Waals surface area (Å²) in [6.07, 6.45) is 2.85. The minimum absolute atomic E-state index is 0.309. The normalized spacial score (nSPS) is 10.3. The highest BCUT2D eigenvalue weighted by Gasteiger charge is 2.07. The Kier molecular flexibility index (Phi) is 4.95. The van der Waals surface area contributed by atoms with Crippen molar-refractivity contribution in [2.24, 2.45) is 5.73 Å². The van der Waals surface area contributed by atoms with E-state index in [1.165, 1.54) is 6.08 Å². The van der Waals surface area contributed by atoms with E-state index < -0.39 is 11.7 Å². The quantitative estimate of drug-likeness (QED) is 0.553. The van der Waals surface area contributed by atoms with Gasteiger partial charge in [0.05, 0.1) is 0 Å². The molecule has 0 saturated carbocycles. The predicted octanol–water partition coefficient (Wildman–Crippen LogP) is 0.344. The van der Waals surface area contributed by atoms with Crippen molar-refractivity contribution in [2.75, 3.05) is 13.1 Å². The fourth-order valence-corrected chi connectivity index (χ4v) is 1.08. The van der Waals surface area contributed by atoms with Gasteiger partial charge in [0.2, 0.25) is 5.78 Å². The van der Waals surface area contributed by atoms with Crippen molar-refractivity contribution in [1.29, 1.82) is 0 Å². The number of amides is 1. The van der Waals surface area contributed by atoms with Crippen molar-refractivity contribution in [3.05, 3.63) is 42.0 Å². The highest BCUT2D eigenvalue weighted by Crippen LogP contribution is 2.00. The standard InChI is InChI=1S/C12H14N2O2/c13-8-9-14-12(16)11(15)7-6-10-4-2-1-3-5-10/h1-7H,8-9,13H2,(H,14,16)/b7-6+. The number of carbonyl (C=O) groups is 2. The van der Waals surface area contributed by atoms with E-state index in [-0.39, 0.29) is 0 Å². The summed E-state index contributed by atoms with van der Waals surface area (Å²) in [5.74, 6) is -1.20. The molecule has 0 heterocycles. The number of benzene rings is 1. The third-order valence-corrected chi connectivity index (χ3v) is 1.88. The molecule has 0 spiro atoms. The maximum atomic E-state index is 11.3. The van der Waals surface area contributed by atoms with Gasteiger partial charge in [0.1, 0.15) is 0 Å². The number of ketones is 1. The van der Waals surface area contributed by atoms with E-state index in [4.69, 9.17) is 5.73 Å². The molecule has 0 aliphatic carbocycles. The molecule has 0 aliphatic heterocycles. The number of hydrogen-bond acceptors (Lipinski definition) is 3. The van der Waals surface area contributed by atoms with E-state index in [1.54, 1.807) is 6.08 Å². The molecule has 0 atom stereocenters. The first-order valence-corrected chi connectivity index (χ1v) is 4.99. The Morgan fingerprint density at radius 2 is 1.94 bits per heavy atom. The zero-order valence-corrected chi connectivity index (χ0v) is 8.85. The van der Waals surface area contributed by atoms with Crippen LogP contribution < -0.4 is 11.1 Å². The van der Waals surface area contributed by atoms with E-state index in [0.717, 1.165) is 5.56 Å². The Hall–Kier alpha value is -1.94. The Morgan fingerprint density at radius 3 is 2.56 bits per heavy atom. The van der Waals surface area contributed by atoms with Crippen LogP contribution in [0.1, 0.15) is 5.56 Å². The van der Waals surface area contributed by atoms with Crippen LogP contribution in [0.25, 0.3) is 6.08 Å². The molecule has 16 heavy (non-hydrogen) atoms. The highest BCUT2D eigenvalue weighted by molar-refractivity contribution is 6.41. The van der Waals surface area contributed by atoms with Crippen LogP contribution in [0, 0.1) is 0 Å². The molecule has 1 rings (SSSR count). The molecular formula is C12H14N2O2. The van der Waals surface area contributed by atoms with Crippen molar-refractivity contribution in [2.45, 2.75) is 0 Å². The highest BCUT2D eigenvalue weighted by atomic mass is 16.2. The second-order valence-corrected chi connectivity index (χ2v) is 3.15. The van der Waals surface area contributed by atoms with Crippen molar-refractivity contribution < 1.29 is 9.59 Å². The molecule has 0 aromatic heterocycles. The smallest absolute Gasteiger partial charge is 0.291 e. The lowest BCUT2D eigenvalue weighted by atomic mass is 10.2. The second-order valence-electron chi connectivity index (χ2n) is 3.15. The number of nitrogens with one attached hydrogen (secondary N) is 1. The van der Waals surface area contributed by atoms with Crippen LogP contribution in [0.2, 0.25) is 0 Å². The van der Waals surface area contributed by atoms with Crippen LogP contribution >= 0.6 is 0 Å². The van der Waals surface area contributed by atoms with Gasteiger partial charge in [-0.25, -0.2) is 0 Å². The molecule has 0 bridgehead atoms. The van der Waals surface area contributed by atoms with Crippen molar-refractivity contribution >= 4 is 17.8 Å². The molecule has 0 aliphatic rings. The van der Waals surface area contributed by atoms with Crippen LogP contribution in [-0.4, -0.2) is 24.8 Å². The van der Waals surface area contributed by atoms with Crippen molar-refractivity contribution in [3.8, 4) is 0 Å². The molecule has 0 unspecified atom stereocenters. The maximum absolute atomic E-state index is 11.3. The van der Waals surface area contributed by atoms with E-state index in [1.807, 2.05) is 30.3 Å². The van der Waals surface area contributed by atoms with Gasteiger partial charge in [-0.3, -0.25) is 9.59 Å². The fraction of sp³-hybridized carbons (Fsp3) is 0.167. The summed E-state index contributed by atoms with van der Waals surface area (Å²) in [5, 5.41) is 2.40. The zero-order chi connectivity index (χ0) is 11.8. The molecule has 3 N–H and O–H groups in total. The second kappa shape index (κ2) is 6.53. The molecule has 4 heteroatoms. The number of carbonyl (C=O) groups excluding carboxylic acids is 2. The van der Waals surface area contributed by atoms with Crippen LogP contribution in [0.3, 0.4) is 0 Å². The Labute approximate surface area is 94.1 Å². The first-order valence-electron chi connectivity index (χ1n) is 4.99. The largest absolute Gasteiger partial charge is 0.348 e. The van der Waals surface area contributed by atoms with Crippen molar-refractivity contribution in [3.63, 3.8) is 0 Å². The molecule has 84 valence electrons. The van der Waals surface area contributed by atoms with Gasteiger partial charge in [0, 0.05) is 13.1 Å². The average Bonchev–Trinajstić information content (AvgIpc) is 2.34. The predicted molar refractivity (Wildman–Crippen MR) is 62.5 cm³/mol. The Morgan fingerprint density at radius 1 is 1.25 bits per heavy atom. The van der Waals surface area contributed by atoms with Crippen molar-refractivity contribution in [1.82, 2.24) is 5.32 Å². The minimum atomic E-state index is -0.627. The van der Waals surface area contributed by atoms with Gasteiger partial charge in [-0.1, -0.05) is 36.4 Å². The van der Waals surface area contributed by atoms with Gasteiger partial charge in [0.15, 0.2) is 0 Å². The lowest BCUT2D eigenvalue weighted by Gasteiger charge is -1.98. The first kappa shape index (κ1) is 12.1. The number of hydrogen-bond donors (Lipinski definition) is 2. The number of rotatable bonds is 5. The molecule has 4 nitrogen and oxygen atoms in total. The van der Waals surface area contributed by atoms with Crippen LogP contribution in [0.15, 0.2) is 36.4 Å². The van der Waals surface area contributed by atoms with Crippen LogP contribution in [0.5, 0.6) is 0 Å². The van der Waals surface area contributed by atoms with Gasteiger partial charge in [-0.05, 0) is 11.6 Å². The molecule has 0 fully saturated rings. The van der Waals surface area contributed by atoms with Gasteiger partial charge < -0.3 is 11.1 Å². The zero-order valence-electron chi connectivity index (χ0n) is 8.85. The monoisotopic (exact) mass is 218 g/mol. The van der Waals surface area contributed by atoms with Gasteiger partial charge >= 0.3 is 0 Å². The molecule has 0 radical (unpaired) electrons.